The molecule has 1 aromatic carbocycles. The van der Waals surface area contributed by atoms with Crippen molar-refractivity contribution in [2.75, 3.05) is 34.4 Å². The summed E-state index contributed by atoms with van der Waals surface area (Å²) in [5.41, 5.74) is 7.47. The van der Waals surface area contributed by atoms with Crippen molar-refractivity contribution in [1.82, 2.24) is 4.90 Å². The van der Waals surface area contributed by atoms with Crippen LogP contribution in [0, 0.1) is 11.7 Å². The van der Waals surface area contributed by atoms with Gasteiger partial charge in [0.15, 0.2) is 11.6 Å². The first kappa shape index (κ1) is 15.2. The topological polar surface area (TPSA) is 47.7 Å². The smallest absolute Gasteiger partial charge is 0.165 e. The van der Waals surface area contributed by atoms with E-state index in [1.54, 1.807) is 7.11 Å². The summed E-state index contributed by atoms with van der Waals surface area (Å²) >= 11 is 0. The monoisotopic (exact) mass is 282 g/mol. The molecule has 2 unspecified atom stereocenters. The minimum atomic E-state index is -0.332. The van der Waals surface area contributed by atoms with Crippen molar-refractivity contribution in [3.05, 3.63) is 29.1 Å². The molecule has 4 nitrogen and oxygen atoms in total. The Morgan fingerprint density at radius 2 is 2.15 bits per heavy atom. The summed E-state index contributed by atoms with van der Waals surface area (Å²) in [7, 11) is 5.15. The second-order valence-corrected chi connectivity index (χ2v) is 5.43. The Morgan fingerprint density at radius 3 is 2.70 bits per heavy atom. The van der Waals surface area contributed by atoms with Gasteiger partial charge in [0.2, 0.25) is 0 Å². The molecule has 0 radical (unpaired) electrons. The zero-order valence-corrected chi connectivity index (χ0v) is 12.4. The van der Waals surface area contributed by atoms with Crippen molar-refractivity contribution in [3.8, 4) is 5.75 Å². The first-order valence-corrected chi connectivity index (χ1v) is 6.86. The predicted octanol–water partition coefficient (Wildman–Crippen LogP) is 1.93. The van der Waals surface area contributed by atoms with Gasteiger partial charge in [-0.3, -0.25) is 4.90 Å². The van der Waals surface area contributed by atoms with Gasteiger partial charge in [0, 0.05) is 25.3 Å². The highest BCUT2D eigenvalue weighted by atomic mass is 19.1. The Hall–Kier alpha value is -1.17. The molecule has 0 spiro atoms. The van der Waals surface area contributed by atoms with Crippen LogP contribution in [0.25, 0.3) is 0 Å². The molecule has 5 heteroatoms. The number of halogens is 1. The molecule has 0 aromatic heterocycles. The Labute approximate surface area is 119 Å². The number of hydrogen-bond donors (Lipinski definition) is 1. The third kappa shape index (κ3) is 2.95. The van der Waals surface area contributed by atoms with Crippen LogP contribution in [0.15, 0.2) is 12.1 Å². The van der Waals surface area contributed by atoms with Crippen LogP contribution in [-0.4, -0.2) is 39.3 Å². The molecule has 2 N–H and O–H groups in total. The van der Waals surface area contributed by atoms with E-state index in [-0.39, 0.29) is 11.9 Å². The lowest BCUT2D eigenvalue weighted by molar-refractivity contribution is 0.184. The SMILES string of the molecule is COCc1cc(F)c(OC)c(C2CC(CN)CN2C)c1. The molecule has 2 atom stereocenters. The van der Waals surface area contributed by atoms with E-state index in [1.807, 2.05) is 13.1 Å². The quantitative estimate of drug-likeness (QED) is 0.896. The van der Waals surface area contributed by atoms with E-state index in [2.05, 4.69) is 4.90 Å². The van der Waals surface area contributed by atoms with Crippen LogP contribution in [0.5, 0.6) is 5.75 Å². The van der Waals surface area contributed by atoms with Gasteiger partial charge in [-0.2, -0.15) is 0 Å². The predicted molar refractivity (Wildman–Crippen MR) is 76.2 cm³/mol. The molecular weight excluding hydrogens is 259 g/mol. The molecule has 1 aliphatic rings. The summed E-state index contributed by atoms with van der Waals surface area (Å²) in [5, 5.41) is 0. The van der Waals surface area contributed by atoms with Gasteiger partial charge in [-0.1, -0.05) is 0 Å². The van der Waals surface area contributed by atoms with Gasteiger partial charge in [0.05, 0.1) is 13.7 Å². The van der Waals surface area contributed by atoms with Gasteiger partial charge in [-0.25, -0.2) is 4.39 Å². The van der Waals surface area contributed by atoms with Crippen molar-refractivity contribution in [2.24, 2.45) is 11.7 Å². The summed E-state index contributed by atoms with van der Waals surface area (Å²) in [6, 6.07) is 3.59. The molecule has 2 rings (SSSR count). The van der Waals surface area contributed by atoms with Crippen LogP contribution in [0.4, 0.5) is 4.39 Å². The fraction of sp³-hybridized carbons (Fsp3) is 0.600. The molecule has 0 saturated carbocycles. The second kappa shape index (κ2) is 6.52. The first-order chi connectivity index (χ1) is 9.60. The van der Waals surface area contributed by atoms with Crippen LogP contribution in [-0.2, 0) is 11.3 Å². The summed E-state index contributed by atoms with van der Waals surface area (Å²) < 4.78 is 24.5. The largest absolute Gasteiger partial charge is 0.493 e. The fourth-order valence-electron chi connectivity index (χ4n) is 3.03. The van der Waals surface area contributed by atoms with Crippen molar-refractivity contribution >= 4 is 0 Å². The van der Waals surface area contributed by atoms with Crippen LogP contribution in [0.2, 0.25) is 0 Å². The van der Waals surface area contributed by atoms with Crippen LogP contribution >= 0.6 is 0 Å². The van der Waals surface area contributed by atoms with E-state index < -0.39 is 0 Å². The number of likely N-dealkylation sites (tertiary alicyclic amines) is 1. The minimum Gasteiger partial charge on any atom is -0.493 e. The van der Waals surface area contributed by atoms with Crippen molar-refractivity contribution in [2.45, 2.75) is 19.1 Å². The number of nitrogens with zero attached hydrogens (tertiary/aromatic N) is 1. The summed E-state index contributed by atoms with van der Waals surface area (Å²) in [6.45, 7) is 1.98. The van der Waals surface area contributed by atoms with Crippen LogP contribution in [0.3, 0.4) is 0 Å². The van der Waals surface area contributed by atoms with Gasteiger partial charge < -0.3 is 15.2 Å². The number of nitrogens with two attached hydrogens (primary N) is 1. The van der Waals surface area contributed by atoms with E-state index in [4.69, 9.17) is 15.2 Å². The average Bonchev–Trinajstić information content (AvgIpc) is 2.79. The third-order valence-corrected chi connectivity index (χ3v) is 3.97. The molecule has 0 amide bonds. The first-order valence-electron chi connectivity index (χ1n) is 6.86. The number of hydrogen-bond acceptors (Lipinski definition) is 4. The van der Waals surface area contributed by atoms with Gasteiger partial charge in [-0.05, 0) is 43.6 Å². The Balaban J connectivity index is 2.38. The fourth-order valence-corrected chi connectivity index (χ4v) is 3.03. The molecule has 1 aromatic rings. The number of ether oxygens (including phenoxy) is 2. The molecule has 1 heterocycles. The third-order valence-electron chi connectivity index (χ3n) is 3.97. The zero-order chi connectivity index (χ0) is 14.7. The molecule has 1 saturated heterocycles. The molecule has 1 fully saturated rings. The molecular formula is C15H23FN2O2. The van der Waals surface area contributed by atoms with E-state index in [1.165, 1.54) is 13.2 Å². The maximum Gasteiger partial charge on any atom is 0.165 e. The van der Waals surface area contributed by atoms with Crippen molar-refractivity contribution in [3.63, 3.8) is 0 Å². The number of methoxy groups -OCH3 is 2. The van der Waals surface area contributed by atoms with E-state index >= 15 is 0 Å². The highest BCUT2D eigenvalue weighted by molar-refractivity contribution is 5.41. The highest BCUT2D eigenvalue weighted by Crippen LogP contribution is 2.40. The highest BCUT2D eigenvalue weighted by Gasteiger charge is 2.32. The molecule has 0 bridgehead atoms. The van der Waals surface area contributed by atoms with Gasteiger partial charge in [0.25, 0.3) is 0 Å². The second-order valence-electron chi connectivity index (χ2n) is 5.43. The molecule has 1 aliphatic heterocycles. The standard InChI is InChI=1S/C15H23FN2O2/c1-18-8-11(7-17)6-14(18)12-4-10(9-19-2)5-13(16)15(12)20-3/h4-5,11,14H,6-9,17H2,1-3H3. The van der Waals surface area contributed by atoms with Gasteiger partial charge >= 0.3 is 0 Å². The van der Waals surface area contributed by atoms with Crippen molar-refractivity contribution in [1.29, 1.82) is 0 Å². The van der Waals surface area contributed by atoms with E-state index in [9.17, 15) is 4.39 Å². The average molecular weight is 282 g/mol. The van der Waals surface area contributed by atoms with E-state index in [0.717, 1.165) is 24.1 Å². The maximum atomic E-state index is 14.2. The number of benzene rings is 1. The van der Waals surface area contributed by atoms with Crippen molar-refractivity contribution < 1.29 is 13.9 Å². The molecule has 112 valence electrons. The Bertz CT molecular complexity index is 467. The summed E-state index contributed by atoms with van der Waals surface area (Å²) in [4.78, 5) is 2.21. The van der Waals surface area contributed by atoms with Gasteiger partial charge in [-0.15, -0.1) is 0 Å². The van der Waals surface area contributed by atoms with Gasteiger partial charge in [0.1, 0.15) is 0 Å². The lowest BCUT2D eigenvalue weighted by atomic mass is 9.97. The minimum absolute atomic E-state index is 0.143. The number of rotatable bonds is 5. The Morgan fingerprint density at radius 1 is 1.40 bits per heavy atom. The normalized spacial score (nSPS) is 23.2. The summed E-state index contributed by atoms with van der Waals surface area (Å²) in [5.74, 6) is 0.449. The lowest BCUT2D eigenvalue weighted by Gasteiger charge is -2.23. The lowest BCUT2D eigenvalue weighted by Crippen LogP contribution is -2.21. The Kier molecular flexibility index (Phi) is 4.96. The zero-order valence-electron chi connectivity index (χ0n) is 12.4. The molecule has 20 heavy (non-hydrogen) atoms. The van der Waals surface area contributed by atoms with Crippen LogP contribution in [0.1, 0.15) is 23.6 Å². The van der Waals surface area contributed by atoms with Crippen LogP contribution < -0.4 is 10.5 Å². The summed E-state index contributed by atoms with van der Waals surface area (Å²) in [6.07, 6.45) is 0.930. The maximum absolute atomic E-state index is 14.2. The van der Waals surface area contributed by atoms with E-state index in [0.29, 0.717) is 24.8 Å². The molecule has 0 aliphatic carbocycles.